The summed E-state index contributed by atoms with van der Waals surface area (Å²) in [5, 5.41) is 2.82. The van der Waals surface area contributed by atoms with Crippen molar-refractivity contribution >= 4 is 29.0 Å². The summed E-state index contributed by atoms with van der Waals surface area (Å²) in [7, 11) is 0. The standard InChI is InChI=1S/C17H16ClF3N4O/c18-14-7-11(17(19,20)21)8-23-15(14)25-5-4-13(9-25)24-16(26)10-2-1-3-12(22)6-10/h1-3,6-8,13H,4-5,9,22H2,(H,24,26). The van der Waals surface area contributed by atoms with Crippen LogP contribution < -0.4 is 16.0 Å². The van der Waals surface area contributed by atoms with Gasteiger partial charge in [0.25, 0.3) is 5.91 Å². The molecule has 2 aromatic rings. The molecular weight excluding hydrogens is 369 g/mol. The Balaban J connectivity index is 1.66. The lowest BCUT2D eigenvalue weighted by Crippen LogP contribution is -2.37. The molecular formula is C17H16ClF3N4O. The van der Waals surface area contributed by atoms with Crippen LogP contribution in [0, 0.1) is 0 Å². The molecule has 9 heteroatoms. The van der Waals surface area contributed by atoms with E-state index in [1.54, 1.807) is 29.2 Å². The summed E-state index contributed by atoms with van der Waals surface area (Å²) in [5.41, 5.74) is 5.72. The van der Waals surface area contributed by atoms with Crippen molar-refractivity contribution in [3.8, 4) is 0 Å². The minimum absolute atomic E-state index is 0.0670. The third kappa shape index (κ3) is 4.01. The number of nitrogen functional groups attached to an aromatic ring is 1. The topological polar surface area (TPSA) is 71.2 Å². The van der Waals surface area contributed by atoms with Crippen LogP contribution in [0.4, 0.5) is 24.7 Å². The Kier molecular flexibility index (Phi) is 4.95. The Bertz CT molecular complexity index is 828. The first-order chi connectivity index (χ1) is 12.2. The van der Waals surface area contributed by atoms with Crippen molar-refractivity contribution in [2.75, 3.05) is 23.7 Å². The van der Waals surface area contributed by atoms with Crippen LogP contribution in [0.25, 0.3) is 0 Å². The van der Waals surface area contributed by atoms with Crippen LogP contribution in [-0.2, 0) is 6.18 Å². The molecule has 26 heavy (non-hydrogen) atoms. The quantitative estimate of drug-likeness (QED) is 0.796. The normalized spacial score (nSPS) is 17.4. The second kappa shape index (κ2) is 7.03. The number of alkyl halides is 3. The van der Waals surface area contributed by atoms with Gasteiger partial charge in [-0.2, -0.15) is 13.2 Å². The number of amides is 1. The molecule has 0 spiro atoms. The van der Waals surface area contributed by atoms with Gasteiger partial charge >= 0.3 is 6.18 Å². The lowest BCUT2D eigenvalue weighted by Gasteiger charge is -2.20. The number of aromatic nitrogens is 1. The highest BCUT2D eigenvalue weighted by Crippen LogP contribution is 2.34. The number of hydrogen-bond acceptors (Lipinski definition) is 4. The van der Waals surface area contributed by atoms with E-state index >= 15 is 0 Å². The van der Waals surface area contributed by atoms with E-state index in [0.29, 0.717) is 30.8 Å². The molecule has 138 valence electrons. The number of pyridine rings is 1. The molecule has 0 aliphatic carbocycles. The van der Waals surface area contributed by atoms with Gasteiger partial charge in [0.2, 0.25) is 0 Å². The summed E-state index contributed by atoms with van der Waals surface area (Å²) in [6.45, 7) is 0.937. The van der Waals surface area contributed by atoms with Crippen LogP contribution in [0.2, 0.25) is 5.02 Å². The largest absolute Gasteiger partial charge is 0.417 e. The summed E-state index contributed by atoms with van der Waals surface area (Å²) in [6.07, 6.45) is -3.10. The zero-order valence-corrected chi connectivity index (χ0v) is 14.3. The Morgan fingerprint density at radius 2 is 2.12 bits per heavy atom. The van der Waals surface area contributed by atoms with E-state index < -0.39 is 11.7 Å². The van der Waals surface area contributed by atoms with Gasteiger partial charge < -0.3 is 16.0 Å². The molecule has 5 nitrogen and oxygen atoms in total. The molecule has 2 heterocycles. The van der Waals surface area contributed by atoms with Crippen molar-refractivity contribution < 1.29 is 18.0 Å². The van der Waals surface area contributed by atoms with Gasteiger partial charge in [-0.1, -0.05) is 17.7 Å². The molecule has 1 aliphatic rings. The maximum Gasteiger partial charge on any atom is 0.417 e. The molecule has 1 saturated heterocycles. The first kappa shape index (κ1) is 18.3. The van der Waals surface area contributed by atoms with E-state index in [1.807, 2.05) is 0 Å². The number of hydrogen-bond donors (Lipinski definition) is 2. The predicted octanol–water partition coefficient (Wildman–Crippen LogP) is 3.34. The molecule has 1 amide bonds. The Morgan fingerprint density at radius 1 is 1.35 bits per heavy atom. The third-order valence-electron chi connectivity index (χ3n) is 4.12. The smallest absolute Gasteiger partial charge is 0.399 e. The Morgan fingerprint density at radius 3 is 2.77 bits per heavy atom. The Labute approximate surface area is 153 Å². The van der Waals surface area contributed by atoms with Crippen molar-refractivity contribution in [1.82, 2.24) is 10.3 Å². The highest BCUT2D eigenvalue weighted by atomic mass is 35.5. The summed E-state index contributed by atoms with van der Waals surface area (Å²) in [5.74, 6) is 0.0241. The highest BCUT2D eigenvalue weighted by molar-refractivity contribution is 6.33. The molecule has 0 radical (unpaired) electrons. The van der Waals surface area contributed by atoms with E-state index in [4.69, 9.17) is 17.3 Å². The number of anilines is 2. The average Bonchev–Trinajstić information content (AvgIpc) is 3.02. The molecule has 3 N–H and O–H groups in total. The fourth-order valence-corrected chi connectivity index (χ4v) is 3.12. The lowest BCUT2D eigenvalue weighted by atomic mass is 10.1. The second-order valence-corrected chi connectivity index (χ2v) is 6.46. The number of carbonyl (C=O) groups is 1. The van der Waals surface area contributed by atoms with Crippen LogP contribution in [-0.4, -0.2) is 30.0 Å². The molecule has 3 rings (SSSR count). The minimum Gasteiger partial charge on any atom is -0.399 e. The van der Waals surface area contributed by atoms with Crippen LogP contribution in [0.5, 0.6) is 0 Å². The molecule has 1 aromatic carbocycles. The summed E-state index contributed by atoms with van der Waals surface area (Å²) < 4.78 is 38.1. The van der Waals surface area contributed by atoms with Crippen molar-refractivity contribution in [2.24, 2.45) is 0 Å². The first-order valence-electron chi connectivity index (χ1n) is 7.88. The van der Waals surface area contributed by atoms with Crippen molar-refractivity contribution in [3.05, 3.63) is 52.7 Å². The number of nitrogens with two attached hydrogens (primary N) is 1. The zero-order valence-electron chi connectivity index (χ0n) is 13.6. The van der Waals surface area contributed by atoms with E-state index in [9.17, 15) is 18.0 Å². The fourth-order valence-electron chi connectivity index (χ4n) is 2.84. The van der Waals surface area contributed by atoms with Gasteiger partial charge in [-0.25, -0.2) is 4.98 Å². The number of nitrogens with one attached hydrogen (secondary N) is 1. The molecule has 0 bridgehead atoms. The van der Waals surface area contributed by atoms with Gasteiger partial charge in [-0.3, -0.25) is 4.79 Å². The molecule has 1 unspecified atom stereocenters. The maximum atomic E-state index is 12.7. The summed E-state index contributed by atoms with van der Waals surface area (Å²) >= 11 is 5.98. The number of carbonyl (C=O) groups excluding carboxylic acids is 1. The number of benzene rings is 1. The van der Waals surface area contributed by atoms with E-state index in [-0.39, 0.29) is 22.8 Å². The highest BCUT2D eigenvalue weighted by Gasteiger charge is 2.33. The molecule has 0 saturated carbocycles. The second-order valence-electron chi connectivity index (χ2n) is 6.06. The molecule has 1 aliphatic heterocycles. The molecule has 1 fully saturated rings. The Hall–Kier alpha value is -2.48. The van der Waals surface area contributed by atoms with E-state index in [1.165, 1.54) is 0 Å². The van der Waals surface area contributed by atoms with Crippen LogP contribution in [0.15, 0.2) is 36.5 Å². The summed E-state index contributed by atoms with van der Waals surface area (Å²) in [6, 6.07) is 7.32. The molecule has 1 atom stereocenters. The van der Waals surface area contributed by atoms with Gasteiger partial charge in [-0.05, 0) is 30.7 Å². The van der Waals surface area contributed by atoms with E-state index in [2.05, 4.69) is 10.3 Å². The number of halogens is 4. The van der Waals surface area contributed by atoms with Gasteiger partial charge in [0.15, 0.2) is 0 Å². The summed E-state index contributed by atoms with van der Waals surface area (Å²) in [4.78, 5) is 17.9. The zero-order chi connectivity index (χ0) is 18.9. The average molecular weight is 385 g/mol. The van der Waals surface area contributed by atoms with E-state index in [0.717, 1.165) is 12.3 Å². The van der Waals surface area contributed by atoms with Crippen LogP contribution >= 0.6 is 11.6 Å². The third-order valence-corrected chi connectivity index (χ3v) is 4.40. The molecule has 1 aromatic heterocycles. The number of rotatable bonds is 3. The van der Waals surface area contributed by atoms with Gasteiger partial charge in [0.05, 0.1) is 10.6 Å². The van der Waals surface area contributed by atoms with Crippen molar-refractivity contribution in [3.63, 3.8) is 0 Å². The number of nitrogens with zero attached hydrogens (tertiary/aromatic N) is 2. The van der Waals surface area contributed by atoms with Crippen molar-refractivity contribution in [2.45, 2.75) is 18.6 Å². The first-order valence-corrected chi connectivity index (χ1v) is 8.26. The predicted molar refractivity (Wildman–Crippen MR) is 93.2 cm³/mol. The fraction of sp³-hybridized carbons (Fsp3) is 0.294. The maximum absolute atomic E-state index is 12.7. The monoisotopic (exact) mass is 384 g/mol. The minimum atomic E-state index is -4.49. The van der Waals surface area contributed by atoms with Crippen molar-refractivity contribution in [1.29, 1.82) is 0 Å². The van der Waals surface area contributed by atoms with Gasteiger partial charge in [0.1, 0.15) is 5.82 Å². The van der Waals surface area contributed by atoms with Gasteiger partial charge in [0, 0.05) is 36.6 Å². The SMILES string of the molecule is Nc1cccc(C(=O)NC2CCN(c3ncc(C(F)(F)F)cc3Cl)C2)c1. The van der Waals surface area contributed by atoms with Gasteiger partial charge in [-0.15, -0.1) is 0 Å². The van der Waals surface area contributed by atoms with Crippen LogP contribution in [0.3, 0.4) is 0 Å². The lowest BCUT2D eigenvalue weighted by molar-refractivity contribution is -0.137. The van der Waals surface area contributed by atoms with Crippen LogP contribution in [0.1, 0.15) is 22.3 Å².